The van der Waals surface area contributed by atoms with E-state index in [-0.39, 0.29) is 11.9 Å². The molecular weight excluding hydrogens is 230 g/mol. The van der Waals surface area contributed by atoms with Crippen molar-refractivity contribution >= 4 is 11.9 Å². The summed E-state index contributed by atoms with van der Waals surface area (Å²) in [6.45, 7) is 4.91. The van der Waals surface area contributed by atoms with Crippen LogP contribution >= 0.6 is 0 Å². The van der Waals surface area contributed by atoms with Crippen LogP contribution in [0, 0.1) is 11.8 Å². The Bertz CT molecular complexity index is 294. The number of amides is 3. The van der Waals surface area contributed by atoms with E-state index in [1.807, 2.05) is 0 Å². The molecule has 3 unspecified atom stereocenters. The summed E-state index contributed by atoms with van der Waals surface area (Å²) in [6, 6.07) is -0.795. The number of rotatable bonds is 4. The Morgan fingerprint density at radius 2 is 1.94 bits per heavy atom. The number of carbonyl (C=O) groups is 2. The van der Waals surface area contributed by atoms with Crippen molar-refractivity contribution in [3.8, 4) is 0 Å². The molecule has 3 amide bonds. The molecule has 104 valence electrons. The molecule has 1 fully saturated rings. The highest BCUT2D eigenvalue weighted by atomic mass is 16.2. The Hall–Kier alpha value is -1.10. The Kier molecular flexibility index (Phi) is 6.12. The number of carbonyl (C=O) groups excluding carboxylic acids is 2. The molecule has 0 bridgehead atoms. The predicted octanol–water partition coefficient (Wildman–Crippen LogP) is 1.25. The fraction of sp³-hybridized carbons (Fsp3) is 0.846. The van der Waals surface area contributed by atoms with Crippen LogP contribution in [0.5, 0.6) is 0 Å². The van der Waals surface area contributed by atoms with Crippen LogP contribution in [0.2, 0.25) is 0 Å². The molecule has 0 aromatic carbocycles. The number of imide groups is 1. The zero-order valence-electron chi connectivity index (χ0n) is 11.6. The molecule has 0 heterocycles. The minimum Gasteiger partial charge on any atom is -0.341 e. The molecule has 3 atom stereocenters. The molecular formula is C13H25N3O2. The van der Waals surface area contributed by atoms with Gasteiger partial charge in [0, 0.05) is 7.05 Å². The average molecular weight is 255 g/mol. The summed E-state index contributed by atoms with van der Waals surface area (Å²) < 4.78 is 0. The Balaban J connectivity index is 2.29. The van der Waals surface area contributed by atoms with Crippen molar-refractivity contribution in [1.29, 1.82) is 0 Å². The summed E-state index contributed by atoms with van der Waals surface area (Å²) in [7, 11) is 1.49. The van der Waals surface area contributed by atoms with Gasteiger partial charge in [0.2, 0.25) is 5.91 Å². The first-order valence-electron chi connectivity index (χ1n) is 6.80. The van der Waals surface area contributed by atoms with Crippen LogP contribution in [0.15, 0.2) is 0 Å². The fourth-order valence-electron chi connectivity index (χ4n) is 2.40. The van der Waals surface area contributed by atoms with E-state index < -0.39 is 6.03 Å². The molecule has 5 nitrogen and oxygen atoms in total. The number of hydrogen-bond acceptors (Lipinski definition) is 3. The summed E-state index contributed by atoms with van der Waals surface area (Å²) >= 11 is 0. The minimum absolute atomic E-state index is 0.280. The van der Waals surface area contributed by atoms with E-state index in [0.29, 0.717) is 5.92 Å². The zero-order valence-corrected chi connectivity index (χ0v) is 11.6. The first-order chi connectivity index (χ1) is 8.54. The summed E-state index contributed by atoms with van der Waals surface area (Å²) in [5, 5.41) is 7.86. The molecule has 0 aromatic rings. The maximum Gasteiger partial charge on any atom is 0.321 e. The molecule has 0 aromatic heterocycles. The lowest BCUT2D eigenvalue weighted by Crippen LogP contribution is -2.48. The van der Waals surface area contributed by atoms with Crippen molar-refractivity contribution in [3.05, 3.63) is 0 Å². The third-order valence-electron chi connectivity index (χ3n) is 3.83. The highest BCUT2D eigenvalue weighted by Gasteiger charge is 2.23. The summed E-state index contributed by atoms with van der Waals surface area (Å²) in [5.74, 6) is 1.09. The van der Waals surface area contributed by atoms with Crippen LogP contribution in [-0.4, -0.2) is 31.6 Å². The molecule has 0 saturated heterocycles. The van der Waals surface area contributed by atoms with E-state index in [9.17, 15) is 9.59 Å². The van der Waals surface area contributed by atoms with Gasteiger partial charge in [0.1, 0.15) is 0 Å². The van der Waals surface area contributed by atoms with Crippen LogP contribution in [0.3, 0.4) is 0 Å². The van der Waals surface area contributed by atoms with Crippen molar-refractivity contribution in [2.45, 2.75) is 45.6 Å². The smallest absolute Gasteiger partial charge is 0.321 e. The first kappa shape index (κ1) is 15.0. The fourth-order valence-corrected chi connectivity index (χ4v) is 2.40. The van der Waals surface area contributed by atoms with Gasteiger partial charge in [-0.1, -0.05) is 26.2 Å². The van der Waals surface area contributed by atoms with Gasteiger partial charge in [-0.2, -0.15) is 0 Å². The summed E-state index contributed by atoms with van der Waals surface area (Å²) in [4.78, 5) is 22.6. The van der Waals surface area contributed by atoms with E-state index in [1.54, 1.807) is 6.92 Å². The van der Waals surface area contributed by atoms with Crippen LogP contribution in [0.4, 0.5) is 4.79 Å². The average Bonchev–Trinajstić information content (AvgIpc) is 2.37. The molecule has 1 aliphatic rings. The highest BCUT2D eigenvalue weighted by Crippen LogP contribution is 2.28. The second kappa shape index (κ2) is 7.36. The molecule has 1 saturated carbocycles. The van der Waals surface area contributed by atoms with Crippen molar-refractivity contribution in [3.63, 3.8) is 0 Å². The molecule has 0 spiro atoms. The minimum atomic E-state index is -0.459. The van der Waals surface area contributed by atoms with E-state index in [0.717, 1.165) is 12.5 Å². The van der Waals surface area contributed by atoms with Gasteiger partial charge >= 0.3 is 6.03 Å². The normalized spacial score (nSPS) is 25.3. The van der Waals surface area contributed by atoms with Gasteiger partial charge in [-0.3, -0.25) is 10.1 Å². The molecule has 1 aliphatic carbocycles. The largest absolute Gasteiger partial charge is 0.341 e. The van der Waals surface area contributed by atoms with E-state index in [2.05, 4.69) is 22.9 Å². The molecule has 1 rings (SSSR count). The van der Waals surface area contributed by atoms with E-state index in [1.165, 1.54) is 32.7 Å². The van der Waals surface area contributed by atoms with E-state index in [4.69, 9.17) is 0 Å². The summed E-state index contributed by atoms with van der Waals surface area (Å²) in [5.41, 5.74) is 0. The number of hydrogen-bond donors (Lipinski definition) is 3. The van der Waals surface area contributed by atoms with Gasteiger partial charge in [0.15, 0.2) is 0 Å². The number of nitrogens with one attached hydrogen (secondary N) is 3. The van der Waals surface area contributed by atoms with Crippen molar-refractivity contribution in [2.24, 2.45) is 11.8 Å². The second-order valence-corrected chi connectivity index (χ2v) is 5.22. The van der Waals surface area contributed by atoms with Crippen LogP contribution in [0.25, 0.3) is 0 Å². The highest BCUT2D eigenvalue weighted by molar-refractivity contribution is 5.96. The summed E-state index contributed by atoms with van der Waals surface area (Å²) in [6.07, 6.45) is 5.13. The SMILES string of the molecule is CNC(=O)NC(=O)C(C)NCC1CCCCC1C. The lowest BCUT2D eigenvalue weighted by molar-refractivity contribution is -0.121. The van der Waals surface area contributed by atoms with Crippen molar-refractivity contribution in [2.75, 3.05) is 13.6 Å². The van der Waals surface area contributed by atoms with E-state index >= 15 is 0 Å². The van der Waals surface area contributed by atoms with Gasteiger partial charge in [0.25, 0.3) is 0 Å². The molecule has 5 heteroatoms. The predicted molar refractivity (Wildman–Crippen MR) is 71.2 cm³/mol. The van der Waals surface area contributed by atoms with Gasteiger partial charge in [-0.05, 0) is 31.7 Å². The van der Waals surface area contributed by atoms with Gasteiger partial charge in [0.05, 0.1) is 6.04 Å². The second-order valence-electron chi connectivity index (χ2n) is 5.22. The molecule has 0 radical (unpaired) electrons. The Morgan fingerprint density at radius 1 is 1.28 bits per heavy atom. The van der Waals surface area contributed by atoms with Gasteiger partial charge in [-0.25, -0.2) is 4.79 Å². The topological polar surface area (TPSA) is 70.2 Å². The third-order valence-corrected chi connectivity index (χ3v) is 3.83. The van der Waals surface area contributed by atoms with Crippen LogP contribution in [0.1, 0.15) is 39.5 Å². The molecule has 0 aliphatic heterocycles. The van der Waals surface area contributed by atoms with Gasteiger partial charge in [-0.15, -0.1) is 0 Å². The monoisotopic (exact) mass is 255 g/mol. The number of urea groups is 1. The maximum absolute atomic E-state index is 11.6. The maximum atomic E-state index is 11.6. The Morgan fingerprint density at radius 3 is 2.56 bits per heavy atom. The standard InChI is InChI=1S/C13H25N3O2/c1-9-6-4-5-7-11(9)8-15-10(2)12(17)16-13(18)14-3/h9-11,15H,4-8H2,1-3H3,(H2,14,16,17,18). The third kappa shape index (κ3) is 4.64. The molecule has 18 heavy (non-hydrogen) atoms. The zero-order chi connectivity index (χ0) is 13.5. The molecule has 3 N–H and O–H groups in total. The lowest BCUT2D eigenvalue weighted by atomic mass is 9.80. The van der Waals surface area contributed by atoms with Crippen molar-refractivity contribution in [1.82, 2.24) is 16.0 Å². The van der Waals surface area contributed by atoms with Crippen LogP contribution < -0.4 is 16.0 Å². The lowest BCUT2D eigenvalue weighted by Gasteiger charge is -2.29. The van der Waals surface area contributed by atoms with Gasteiger partial charge < -0.3 is 10.6 Å². The first-order valence-corrected chi connectivity index (χ1v) is 6.80. The quantitative estimate of drug-likeness (QED) is 0.708. The van der Waals surface area contributed by atoms with Crippen molar-refractivity contribution < 1.29 is 9.59 Å². The van der Waals surface area contributed by atoms with Crippen LogP contribution in [-0.2, 0) is 4.79 Å². The Labute approximate surface area is 109 Å².